The lowest BCUT2D eigenvalue weighted by molar-refractivity contribution is -0.122. The molecule has 2 aliphatic carbocycles. The van der Waals surface area contributed by atoms with Crippen molar-refractivity contribution in [3.8, 4) is 0 Å². The maximum atomic E-state index is 12.2. The highest BCUT2D eigenvalue weighted by Gasteiger charge is 2.36. The highest BCUT2D eigenvalue weighted by atomic mass is 35.5. The Labute approximate surface area is 131 Å². The molecule has 3 nitrogen and oxygen atoms in total. The largest absolute Gasteiger partial charge is 0.345 e. The maximum Gasteiger partial charge on any atom is 0.234 e. The van der Waals surface area contributed by atoms with E-state index in [4.69, 9.17) is 11.6 Å². The molecule has 2 fully saturated rings. The van der Waals surface area contributed by atoms with E-state index in [1.165, 1.54) is 31.2 Å². The normalized spacial score (nSPS) is 20.4. The minimum Gasteiger partial charge on any atom is -0.345 e. The molecule has 0 saturated heterocycles. The van der Waals surface area contributed by atoms with Gasteiger partial charge >= 0.3 is 0 Å². The average Bonchev–Trinajstić information content (AvgIpc) is 3.17. The number of nitrogens with one attached hydrogen (secondary N) is 2. The van der Waals surface area contributed by atoms with Crippen molar-refractivity contribution in [3.63, 3.8) is 0 Å². The van der Waals surface area contributed by atoms with Crippen LogP contribution < -0.4 is 10.6 Å². The molecule has 0 aromatic heterocycles. The van der Waals surface area contributed by atoms with Gasteiger partial charge in [-0.1, -0.05) is 36.6 Å². The summed E-state index contributed by atoms with van der Waals surface area (Å²) in [5.41, 5.74) is 0.989. The van der Waals surface area contributed by atoms with E-state index in [-0.39, 0.29) is 11.4 Å². The molecule has 1 aromatic carbocycles. The number of amides is 1. The monoisotopic (exact) mass is 306 g/mol. The van der Waals surface area contributed by atoms with Gasteiger partial charge in [-0.3, -0.25) is 4.79 Å². The molecule has 2 N–H and O–H groups in total. The lowest BCUT2D eigenvalue weighted by atomic mass is 9.88. The summed E-state index contributed by atoms with van der Waals surface area (Å²) in [6.07, 6.45) is 6.98. The summed E-state index contributed by atoms with van der Waals surface area (Å²) in [7, 11) is 0. The van der Waals surface area contributed by atoms with Crippen LogP contribution in [0.15, 0.2) is 24.3 Å². The number of halogens is 1. The minimum atomic E-state index is -0.192. The van der Waals surface area contributed by atoms with Gasteiger partial charge in [0.1, 0.15) is 0 Å². The number of rotatable bonds is 6. The molecule has 0 unspecified atom stereocenters. The molecule has 4 heteroatoms. The maximum absolute atomic E-state index is 12.2. The second-order valence-corrected chi connectivity index (χ2v) is 6.85. The van der Waals surface area contributed by atoms with Crippen LogP contribution >= 0.6 is 11.6 Å². The summed E-state index contributed by atoms with van der Waals surface area (Å²) in [5, 5.41) is 7.28. The highest BCUT2D eigenvalue weighted by molar-refractivity contribution is 6.30. The van der Waals surface area contributed by atoms with Gasteiger partial charge in [-0.25, -0.2) is 0 Å². The van der Waals surface area contributed by atoms with Crippen LogP contribution in [0.5, 0.6) is 0 Å². The second-order valence-electron chi connectivity index (χ2n) is 6.42. The van der Waals surface area contributed by atoms with Crippen molar-refractivity contribution in [2.24, 2.45) is 5.92 Å². The summed E-state index contributed by atoms with van der Waals surface area (Å²) in [4.78, 5) is 12.2. The third kappa shape index (κ3) is 3.78. The number of carbonyl (C=O) groups excluding carboxylic acids is 1. The van der Waals surface area contributed by atoms with Gasteiger partial charge < -0.3 is 10.6 Å². The first kappa shape index (κ1) is 14.9. The number of hydrogen-bond acceptors (Lipinski definition) is 2. The second kappa shape index (κ2) is 6.37. The molecule has 0 radical (unpaired) electrons. The molecule has 0 heterocycles. The van der Waals surface area contributed by atoms with Crippen LogP contribution in [0.4, 0.5) is 0 Å². The summed E-state index contributed by atoms with van der Waals surface area (Å²) in [5.74, 6) is 0.905. The van der Waals surface area contributed by atoms with E-state index < -0.39 is 0 Å². The Morgan fingerprint density at radius 2 is 1.86 bits per heavy atom. The van der Waals surface area contributed by atoms with Crippen molar-refractivity contribution in [3.05, 3.63) is 34.9 Å². The van der Waals surface area contributed by atoms with Crippen molar-refractivity contribution in [1.82, 2.24) is 10.6 Å². The molecule has 1 aromatic rings. The first-order chi connectivity index (χ1) is 10.2. The Balaban J connectivity index is 1.62. The van der Waals surface area contributed by atoms with Gasteiger partial charge in [0.25, 0.3) is 0 Å². The molecular formula is C17H23ClN2O. The molecule has 21 heavy (non-hydrogen) atoms. The summed E-state index contributed by atoms with van der Waals surface area (Å²) in [6, 6.07) is 7.92. The fourth-order valence-corrected chi connectivity index (χ4v) is 3.38. The van der Waals surface area contributed by atoms with E-state index in [1.807, 2.05) is 24.3 Å². The summed E-state index contributed by atoms with van der Waals surface area (Å²) in [6.45, 7) is 1.40. The molecule has 0 spiro atoms. The topological polar surface area (TPSA) is 41.1 Å². The number of hydrogen-bond donors (Lipinski definition) is 2. The molecule has 0 bridgehead atoms. The molecule has 114 valence electrons. The van der Waals surface area contributed by atoms with Gasteiger partial charge in [-0.2, -0.15) is 0 Å². The van der Waals surface area contributed by atoms with Crippen LogP contribution in [0.1, 0.15) is 44.1 Å². The summed E-state index contributed by atoms with van der Waals surface area (Å²) >= 11 is 5.98. The molecule has 0 aliphatic heterocycles. The van der Waals surface area contributed by atoms with Crippen LogP contribution in [-0.4, -0.2) is 19.0 Å². The van der Waals surface area contributed by atoms with E-state index >= 15 is 0 Å². The van der Waals surface area contributed by atoms with E-state index in [9.17, 15) is 4.79 Å². The number of benzene rings is 1. The average molecular weight is 307 g/mol. The van der Waals surface area contributed by atoms with E-state index in [0.717, 1.165) is 30.3 Å². The lowest BCUT2D eigenvalue weighted by Gasteiger charge is -2.31. The predicted octanol–water partition coefficient (Wildman–Crippen LogP) is 3.23. The first-order valence-electron chi connectivity index (χ1n) is 7.96. The zero-order valence-corrected chi connectivity index (χ0v) is 13.1. The smallest absolute Gasteiger partial charge is 0.234 e. The van der Waals surface area contributed by atoms with Crippen LogP contribution in [0.2, 0.25) is 5.02 Å². The quantitative estimate of drug-likeness (QED) is 0.847. The molecule has 2 saturated carbocycles. The molecule has 1 amide bonds. The minimum absolute atomic E-state index is 0.104. The van der Waals surface area contributed by atoms with Crippen molar-refractivity contribution in [2.75, 3.05) is 13.1 Å². The first-order valence-corrected chi connectivity index (χ1v) is 8.33. The van der Waals surface area contributed by atoms with Crippen LogP contribution in [-0.2, 0) is 10.3 Å². The Kier molecular flexibility index (Phi) is 4.51. The predicted molar refractivity (Wildman–Crippen MR) is 85.3 cm³/mol. The molecule has 0 atom stereocenters. The van der Waals surface area contributed by atoms with Gasteiger partial charge in [0.15, 0.2) is 0 Å². The van der Waals surface area contributed by atoms with Crippen molar-refractivity contribution in [2.45, 2.75) is 44.1 Å². The van der Waals surface area contributed by atoms with Crippen LogP contribution in [0, 0.1) is 5.92 Å². The Bertz CT molecular complexity index is 490. The zero-order valence-electron chi connectivity index (χ0n) is 12.3. The Hall–Kier alpha value is -1.06. The summed E-state index contributed by atoms with van der Waals surface area (Å²) < 4.78 is 0. The fourth-order valence-electron chi connectivity index (χ4n) is 3.26. The molecule has 3 rings (SSSR count). The van der Waals surface area contributed by atoms with Gasteiger partial charge in [0.05, 0.1) is 12.1 Å². The Morgan fingerprint density at radius 1 is 1.19 bits per heavy atom. The van der Waals surface area contributed by atoms with Crippen molar-refractivity contribution < 1.29 is 4.79 Å². The Morgan fingerprint density at radius 3 is 2.48 bits per heavy atom. The molecule has 2 aliphatic rings. The zero-order chi connectivity index (χ0) is 14.7. The van der Waals surface area contributed by atoms with E-state index in [1.54, 1.807) is 0 Å². The lowest BCUT2D eigenvalue weighted by Crippen LogP contribution is -2.47. The van der Waals surface area contributed by atoms with Gasteiger partial charge in [0.2, 0.25) is 5.91 Å². The standard InChI is InChI=1S/C17H23ClN2O/c18-15-7-5-14(6-8-15)17(9-1-2-10-17)20-16(21)12-19-11-13-3-4-13/h5-8,13,19H,1-4,9-12H2,(H,20,21). The van der Waals surface area contributed by atoms with Gasteiger partial charge in [-0.05, 0) is 55.8 Å². The third-order valence-corrected chi connectivity index (χ3v) is 4.90. The van der Waals surface area contributed by atoms with Crippen molar-refractivity contribution in [1.29, 1.82) is 0 Å². The van der Waals surface area contributed by atoms with Gasteiger partial charge in [0, 0.05) is 5.02 Å². The van der Waals surface area contributed by atoms with E-state index in [2.05, 4.69) is 10.6 Å². The van der Waals surface area contributed by atoms with Crippen molar-refractivity contribution >= 4 is 17.5 Å². The highest BCUT2D eigenvalue weighted by Crippen LogP contribution is 2.39. The third-order valence-electron chi connectivity index (χ3n) is 4.65. The molecular weight excluding hydrogens is 284 g/mol. The van der Waals surface area contributed by atoms with Crippen LogP contribution in [0.3, 0.4) is 0 Å². The van der Waals surface area contributed by atoms with Gasteiger partial charge in [-0.15, -0.1) is 0 Å². The fraction of sp³-hybridized carbons (Fsp3) is 0.588. The SMILES string of the molecule is O=C(CNCC1CC1)NC1(c2ccc(Cl)cc2)CCCC1. The van der Waals surface area contributed by atoms with Crippen LogP contribution in [0.25, 0.3) is 0 Å². The number of carbonyl (C=O) groups is 1. The van der Waals surface area contributed by atoms with E-state index in [0.29, 0.717) is 6.54 Å².